The van der Waals surface area contributed by atoms with Crippen molar-refractivity contribution in [2.75, 3.05) is 108 Å². The van der Waals surface area contributed by atoms with E-state index in [0.29, 0.717) is 116 Å². The van der Waals surface area contributed by atoms with Crippen molar-refractivity contribution >= 4 is 74.7 Å². The lowest BCUT2D eigenvalue weighted by atomic mass is 10.1. The number of carbonyl (C=O) groups excluding carboxylic acids is 4. The third-order valence-corrected chi connectivity index (χ3v) is 11.2. The van der Waals surface area contributed by atoms with Crippen LogP contribution >= 0.6 is 11.3 Å². The van der Waals surface area contributed by atoms with Gasteiger partial charge in [-0.2, -0.15) is 9.97 Å². The average Bonchev–Trinajstić information content (AvgIpc) is 3.82. The quantitative estimate of drug-likeness (QED) is 0.0269. The fourth-order valence-electron chi connectivity index (χ4n) is 6.71. The molecular weight excluding hydrogens is 991 g/mol. The number of hydrogen-bond acceptors (Lipinski definition) is 23. The van der Waals surface area contributed by atoms with Crippen molar-refractivity contribution in [2.24, 2.45) is 0 Å². The molecule has 3 amide bonds. The molecule has 0 saturated heterocycles. The summed E-state index contributed by atoms with van der Waals surface area (Å²) in [5.41, 5.74) is 14.2. The number of anilines is 5. The van der Waals surface area contributed by atoms with Gasteiger partial charge in [-0.25, -0.2) is 29.7 Å². The standard InChI is InChI=1S/C49H63N15O10S/c1-49(2,3)74-45(68)36(59-43(66)32-9-11-34(12-10-32)64(4)31-33-30-57-42-39(58-33)41(50)61-46(51)62-42)13-14-37(65)53-18-20-69-22-24-71-26-28-73-29-27-72-25-23-70-21-19-54-44(67)40-38(35-8-5-6-15-52-35)60-48(75-40)63-47-55-16-7-17-56-47/h5-12,15-17,30,36H,13-14,18-29,31H2,1-4H3,(H,53,65)(H,54,67)(H,59,66)(H,55,56,60,63)(H4,50,51,57,61,62). The van der Waals surface area contributed by atoms with Crippen molar-refractivity contribution in [2.45, 2.75) is 51.8 Å². The van der Waals surface area contributed by atoms with Crippen LogP contribution in [0.3, 0.4) is 0 Å². The lowest BCUT2D eigenvalue weighted by molar-refractivity contribution is -0.157. The van der Waals surface area contributed by atoms with Crippen LogP contribution in [0.25, 0.3) is 22.6 Å². The minimum atomic E-state index is -1.08. The highest BCUT2D eigenvalue weighted by Crippen LogP contribution is 2.31. The maximum Gasteiger partial charge on any atom is 0.329 e. The lowest BCUT2D eigenvalue weighted by Gasteiger charge is -2.24. The topological polar surface area (TPSA) is 330 Å². The Bertz CT molecular complexity index is 2750. The second-order valence-electron chi connectivity index (χ2n) is 17.3. The lowest BCUT2D eigenvalue weighted by Crippen LogP contribution is -2.45. The van der Waals surface area contributed by atoms with Crippen molar-refractivity contribution in [3.63, 3.8) is 0 Å². The summed E-state index contributed by atoms with van der Waals surface area (Å²) in [6.45, 7) is 9.46. The monoisotopic (exact) mass is 1050 g/mol. The summed E-state index contributed by atoms with van der Waals surface area (Å²) >= 11 is 1.18. The van der Waals surface area contributed by atoms with Gasteiger partial charge >= 0.3 is 5.97 Å². The minimum absolute atomic E-state index is 0.0121. The Balaban J connectivity index is 0.767. The molecule has 1 aromatic carbocycles. The summed E-state index contributed by atoms with van der Waals surface area (Å²) in [7, 11) is 1.85. The summed E-state index contributed by atoms with van der Waals surface area (Å²) in [6, 6.07) is 12.8. The van der Waals surface area contributed by atoms with Gasteiger partial charge in [0.05, 0.1) is 90.2 Å². The van der Waals surface area contributed by atoms with Crippen molar-refractivity contribution in [1.29, 1.82) is 0 Å². The maximum atomic E-state index is 13.3. The highest BCUT2D eigenvalue weighted by atomic mass is 32.1. The molecule has 0 fully saturated rings. The van der Waals surface area contributed by atoms with E-state index in [4.69, 9.17) is 39.9 Å². The van der Waals surface area contributed by atoms with Crippen molar-refractivity contribution in [1.82, 2.24) is 55.8 Å². The Labute approximate surface area is 437 Å². The van der Waals surface area contributed by atoms with Gasteiger partial charge in [-0.1, -0.05) is 17.4 Å². The largest absolute Gasteiger partial charge is 0.458 e. The van der Waals surface area contributed by atoms with E-state index >= 15 is 0 Å². The number of aromatic nitrogens is 8. The number of nitrogens with two attached hydrogens (primary N) is 2. The molecule has 25 nitrogen and oxygen atoms in total. The van der Waals surface area contributed by atoms with E-state index in [0.717, 1.165) is 5.69 Å². The molecule has 5 aromatic heterocycles. The smallest absolute Gasteiger partial charge is 0.329 e. The Kier molecular flexibility index (Phi) is 22.2. The second-order valence-corrected chi connectivity index (χ2v) is 18.3. The number of carbonyl (C=O) groups is 4. The summed E-state index contributed by atoms with van der Waals surface area (Å²) in [5.74, 6) is -1.26. The molecule has 75 heavy (non-hydrogen) atoms. The predicted molar refractivity (Wildman–Crippen MR) is 279 cm³/mol. The number of ether oxygens (including phenoxy) is 6. The number of amides is 3. The van der Waals surface area contributed by atoms with Crippen LogP contribution in [0.2, 0.25) is 0 Å². The summed E-state index contributed by atoms with van der Waals surface area (Å²) in [6.07, 6.45) is 6.40. The van der Waals surface area contributed by atoms with Gasteiger partial charge in [-0.3, -0.25) is 19.4 Å². The zero-order valence-electron chi connectivity index (χ0n) is 42.3. The average molecular weight is 1050 g/mol. The zero-order chi connectivity index (χ0) is 53.4. The van der Waals surface area contributed by atoms with Crippen LogP contribution < -0.4 is 37.6 Å². The van der Waals surface area contributed by atoms with Gasteiger partial charge in [-0.05, 0) is 69.7 Å². The number of nitrogens with zero attached hydrogens (tertiary/aromatic N) is 9. The molecule has 6 aromatic rings. The number of benzene rings is 1. The Morgan fingerprint density at radius 1 is 0.707 bits per heavy atom. The zero-order valence-corrected chi connectivity index (χ0v) is 43.1. The van der Waals surface area contributed by atoms with E-state index in [1.807, 2.05) is 18.0 Å². The molecule has 0 spiro atoms. The van der Waals surface area contributed by atoms with Crippen LogP contribution in [0, 0.1) is 0 Å². The summed E-state index contributed by atoms with van der Waals surface area (Å²) in [5, 5.41) is 11.9. The molecule has 0 aliphatic rings. The fraction of sp³-hybridized carbons (Fsp3) is 0.429. The second kappa shape index (κ2) is 29.3. The normalized spacial score (nSPS) is 11.7. The third kappa shape index (κ3) is 19.3. The highest BCUT2D eigenvalue weighted by Gasteiger charge is 2.28. The number of pyridine rings is 1. The van der Waals surface area contributed by atoms with Crippen LogP contribution in [-0.4, -0.2) is 161 Å². The van der Waals surface area contributed by atoms with E-state index in [1.165, 1.54) is 11.3 Å². The number of hydrogen-bond donors (Lipinski definition) is 6. The molecule has 6 rings (SSSR count). The Morgan fingerprint density at radius 2 is 1.33 bits per heavy atom. The van der Waals surface area contributed by atoms with Crippen LogP contribution in [-0.2, 0) is 44.6 Å². The van der Waals surface area contributed by atoms with Gasteiger partial charge in [0.1, 0.15) is 22.2 Å². The molecule has 26 heteroatoms. The van der Waals surface area contributed by atoms with Crippen molar-refractivity contribution in [3.05, 3.63) is 89.5 Å². The Morgan fingerprint density at radius 3 is 1.96 bits per heavy atom. The minimum Gasteiger partial charge on any atom is -0.458 e. The Hall–Kier alpha value is -7.62. The van der Waals surface area contributed by atoms with Gasteiger partial charge < -0.3 is 66.1 Å². The molecule has 0 bridgehead atoms. The van der Waals surface area contributed by atoms with Crippen LogP contribution in [0.5, 0.6) is 0 Å². The number of fused-ring (bicyclic) bond motifs is 1. The maximum absolute atomic E-state index is 13.3. The molecule has 0 aliphatic carbocycles. The van der Waals surface area contributed by atoms with Gasteiger partial charge in [0.25, 0.3) is 11.8 Å². The molecule has 400 valence electrons. The summed E-state index contributed by atoms with van der Waals surface area (Å²) in [4.78, 5) is 88.7. The van der Waals surface area contributed by atoms with E-state index in [-0.39, 0.29) is 56.1 Å². The highest BCUT2D eigenvalue weighted by molar-refractivity contribution is 7.18. The first kappa shape index (κ1) is 56.7. The molecule has 1 unspecified atom stereocenters. The first-order valence-electron chi connectivity index (χ1n) is 24.0. The SMILES string of the molecule is CN(Cc1cnc2nc(N)nc(N)c2n1)c1ccc(C(=O)NC(CCC(=O)NCCOCCOCCOCCOCCOCCNC(=O)c2sc(Nc3ncccn3)nc2-c2ccccn2)C(=O)OC(C)(C)C)cc1. The molecule has 1 atom stereocenters. The predicted octanol–water partition coefficient (Wildman–Crippen LogP) is 3.12. The summed E-state index contributed by atoms with van der Waals surface area (Å²) < 4.78 is 33.4. The van der Waals surface area contributed by atoms with Gasteiger partial charge in [0, 0.05) is 56.4 Å². The van der Waals surface area contributed by atoms with Crippen LogP contribution in [0.4, 0.5) is 28.5 Å². The first-order valence-corrected chi connectivity index (χ1v) is 24.8. The van der Waals surface area contributed by atoms with Crippen LogP contribution in [0.1, 0.15) is 59.3 Å². The van der Waals surface area contributed by atoms with Gasteiger partial charge in [0.15, 0.2) is 22.1 Å². The molecule has 5 heterocycles. The number of rotatable bonds is 31. The van der Waals surface area contributed by atoms with Gasteiger partial charge in [0.2, 0.25) is 17.8 Å². The number of nitrogens with one attached hydrogen (secondary N) is 4. The van der Waals surface area contributed by atoms with E-state index in [1.54, 1.807) is 88.0 Å². The van der Waals surface area contributed by atoms with Crippen LogP contribution in [0.15, 0.2) is 73.3 Å². The molecule has 0 radical (unpaired) electrons. The molecule has 8 N–H and O–H groups in total. The van der Waals surface area contributed by atoms with E-state index < -0.39 is 23.5 Å². The van der Waals surface area contributed by atoms with E-state index in [2.05, 4.69) is 61.1 Å². The first-order chi connectivity index (χ1) is 36.2. The number of thiazole rings is 1. The van der Waals surface area contributed by atoms with Crippen molar-refractivity contribution in [3.8, 4) is 11.4 Å². The van der Waals surface area contributed by atoms with E-state index in [9.17, 15) is 19.2 Å². The number of nitrogen functional groups attached to an aromatic ring is 2. The fourth-order valence-corrected chi connectivity index (χ4v) is 7.60. The van der Waals surface area contributed by atoms with Gasteiger partial charge in [-0.15, -0.1) is 0 Å². The number of esters is 1. The van der Waals surface area contributed by atoms with Crippen molar-refractivity contribution < 1.29 is 47.6 Å². The molecule has 0 aliphatic heterocycles. The molecular formula is C49H63N15O10S. The third-order valence-electron chi connectivity index (χ3n) is 10.2. The molecule has 0 saturated carbocycles.